The summed E-state index contributed by atoms with van der Waals surface area (Å²) in [4.78, 5) is 45.7. The van der Waals surface area contributed by atoms with Crippen LogP contribution in [0, 0.1) is 0 Å². The number of hydrogen-bond acceptors (Lipinski definition) is 9. The second kappa shape index (κ2) is 9.56. The van der Waals surface area contributed by atoms with Gasteiger partial charge in [-0.15, -0.1) is 0 Å². The molecule has 3 N–H and O–H groups in total. The minimum absolute atomic E-state index is 0.00491. The predicted molar refractivity (Wildman–Crippen MR) is 104 cm³/mol. The van der Waals surface area contributed by atoms with Crippen LogP contribution in [0.3, 0.4) is 0 Å². The zero-order valence-electron chi connectivity index (χ0n) is 15.8. The van der Waals surface area contributed by atoms with Crippen LogP contribution in [-0.4, -0.2) is 76.4 Å². The Morgan fingerprint density at radius 1 is 1.45 bits per heavy atom. The molecule has 1 fully saturated rings. The molecule has 1 aliphatic heterocycles. The van der Waals surface area contributed by atoms with E-state index in [0.717, 1.165) is 10.6 Å². The van der Waals surface area contributed by atoms with E-state index >= 15 is 0 Å². The monoisotopic (exact) mass is 475 g/mol. The van der Waals surface area contributed by atoms with Gasteiger partial charge in [-0.25, -0.2) is 9.36 Å². The average Bonchev–Trinajstić information content (AvgIpc) is 2.85. The third kappa shape index (κ3) is 6.11. The number of nitrogens with one attached hydrogen (secondary N) is 1. The molecular weight excluding hydrogens is 452 g/mol. The van der Waals surface area contributed by atoms with E-state index in [4.69, 9.17) is 23.8 Å². The van der Waals surface area contributed by atoms with Gasteiger partial charge in [0.1, 0.15) is 17.8 Å². The standard InChI is InChI=1S/C13H23N3O10P2S/c1-15(2)6-13(7-24-28(20,21)22)10(26-27(19)29)9(23-3)11(25-13)16-5-4-8(17)14-12(16)18/h4-5,9-11,27H,6-7H2,1-3H3,(H,19,29)(H,14,17,18)(H2,20,21,22)/t9?,10?,11-,13-/m1/s1. The van der Waals surface area contributed by atoms with Crippen LogP contribution < -0.4 is 11.2 Å². The van der Waals surface area contributed by atoms with Gasteiger partial charge < -0.3 is 28.7 Å². The van der Waals surface area contributed by atoms with Crippen LogP contribution in [0.5, 0.6) is 0 Å². The number of thiol groups is 1. The van der Waals surface area contributed by atoms with Crippen LogP contribution in [0.4, 0.5) is 0 Å². The van der Waals surface area contributed by atoms with Gasteiger partial charge in [0.15, 0.2) is 6.23 Å². The van der Waals surface area contributed by atoms with Crippen molar-refractivity contribution in [3.05, 3.63) is 33.1 Å². The molecule has 2 rings (SSSR count). The first-order valence-corrected chi connectivity index (χ1v) is 12.3. The largest absolute Gasteiger partial charge is 0.469 e. The molecule has 0 spiro atoms. The van der Waals surface area contributed by atoms with Crippen LogP contribution in [0.2, 0.25) is 0 Å². The summed E-state index contributed by atoms with van der Waals surface area (Å²) in [6.07, 6.45) is -2.26. The molecular formula is C13H23N3O10P2S. The molecule has 1 aromatic rings. The number of rotatable bonds is 9. The lowest BCUT2D eigenvalue weighted by molar-refractivity contribution is -0.131. The summed E-state index contributed by atoms with van der Waals surface area (Å²) in [6.45, 7) is -0.674. The van der Waals surface area contributed by atoms with Crippen molar-refractivity contribution in [2.75, 3.05) is 34.4 Å². The SMILES string of the molecule is COC1C(O[PH](=O)S)[C@](COP(=O)(O)O)(CN(C)C)O[C@H]1n1ccc(=O)[nH]c1=O. The molecule has 5 atom stereocenters. The van der Waals surface area contributed by atoms with Crippen molar-refractivity contribution >= 4 is 27.3 Å². The fourth-order valence-electron chi connectivity index (χ4n) is 3.21. The van der Waals surface area contributed by atoms with Gasteiger partial charge in [0.25, 0.3) is 5.56 Å². The van der Waals surface area contributed by atoms with Crippen molar-refractivity contribution in [2.45, 2.75) is 24.0 Å². The molecule has 1 aromatic heterocycles. The summed E-state index contributed by atoms with van der Waals surface area (Å²) < 4.78 is 45.6. The maximum Gasteiger partial charge on any atom is 0.469 e. The summed E-state index contributed by atoms with van der Waals surface area (Å²) in [5.41, 5.74) is -3.04. The number of H-pyrrole nitrogens is 1. The van der Waals surface area contributed by atoms with Crippen LogP contribution in [0.15, 0.2) is 21.9 Å². The normalized spacial score (nSPS) is 28.7. The van der Waals surface area contributed by atoms with Gasteiger partial charge >= 0.3 is 13.5 Å². The first-order chi connectivity index (χ1) is 13.4. The molecule has 0 aliphatic carbocycles. The Balaban J connectivity index is 2.58. The summed E-state index contributed by atoms with van der Waals surface area (Å²) in [5, 5.41) is 0. The number of ether oxygens (including phenoxy) is 2. The highest BCUT2D eigenvalue weighted by Gasteiger charge is 2.59. The average molecular weight is 475 g/mol. The smallest absolute Gasteiger partial charge is 0.374 e. The van der Waals surface area contributed by atoms with E-state index in [1.54, 1.807) is 19.0 Å². The summed E-state index contributed by atoms with van der Waals surface area (Å²) >= 11 is 3.79. The highest BCUT2D eigenvalue weighted by atomic mass is 32.7. The number of phosphoric acid groups is 1. The summed E-state index contributed by atoms with van der Waals surface area (Å²) in [6, 6.07) is 1.09. The number of likely N-dealkylation sites (N-methyl/N-ethyl adjacent to an activating group) is 1. The third-order valence-electron chi connectivity index (χ3n) is 4.14. The van der Waals surface area contributed by atoms with Crippen molar-refractivity contribution in [3.8, 4) is 0 Å². The molecule has 166 valence electrons. The molecule has 0 amide bonds. The van der Waals surface area contributed by atoms with Crippen molar-refractivity contribution in [1.82, 2.24) is 14.5 Å². The van der Waals surface area contributed by atoms with E-state index in [1.165, 1.54) is 13.3 Å². The summed E-state index contributed by atoms with van der Waals surface area (Å²) in [5.74, 6) is 0. The van der Waals surface area contributed by atoms with Crippen LogP contribution in [0.25, 0.3) is 0 Å². The van der Waals surface area contributed by atoms with Gasteiger partial charge in [0.2, 0.25) is 7.23 Å². The quantitative estimate of drug-likeness (QED) is 0.260. The zero-order chi connectivity index (χ0) is 22.0. The second-order valence-corrected chi connectivity index (χ2v) is 9.70. The Kier molecular flexibility index (Phi) is 8.07. The Labute approximate surface area is 171 Å². The Hall–Kier alpha value is -0.790. The minimum atomic E-state index is -4.90. The lowest BCUT2D eigenvalue weighted by atomic mass is 9.95. The van der Waals surface area contributed by atoms with E-state index in [1.807, 2.05) is 0 Å². The highest BCUT2D eigenvalue weighted by Crippen LogP contribution is 2.48. The van der Waals surface area contributed by atoms with Crippen LogP contribution >= 0.6 is 27.3 Å². The van der Waals surface area contributed by atoms with Gasteiger partial charge in [-0.1, -0.05) is 12.2 Å². The Morgan fingerprint density at radius 3 is 2.59 bits per heavy atom. The first-order valence-electron chi connectivity index (χ1n) is 8.15. The van der Waals surface area contributed by atoms with Crippen molar-refractivity contribution < 1.29 is 37.4 Å². The van der Waals surface area contributed by atoms with E-state index < -0.39 is 56.9 Å². The maximum atomic E-state index is 12.3. The number of hydrogen-bond donors (Lipinski definition) is 4. The molecule has 0 aromatic carbocycles. The van der Waals surface area contributed by atoms with Gasteiger partial charge in [0.05, 0.1) is 6.61 Å². The van der Waals surface area contributed by atoms with Gasteiger partial charge in [-0.2, -0.15) is 0 Å². The fourth-order valence-corrected chi connectivity index (χ4v) is 4.50. The second-order valence-electron chi connectivity index (χ2n) is 6.60. The molecule has 29 heavy (non-hydrogen) atoms. The van der Waals surface area contributed by atoms with E-state index in [2.05, 4.69) is 21.8 Å². The number of phosphoric ester groups is 1. The molecule has 1 aliphatic rings. The van der Waals surface area contributed by atoms with E-state index in [0.29, 0.717) is 0 Å². The lowest BCUT2D eigenvalue weighted by Gasteiger charge is -2.36. The Morgan fingerprint density at radius 2 is 2.10 bits per heavy atom. The zero-order valence-corrected chi connectivity index (χ0v) is 18.5. The maximum absolute atomic E-state index is 12.3. The molecule has 1 saturated heterocycles. The van der Waals surface area contributed by atoms with Gasteiger partial charge in [0, 0.05) is 25.9 Å². The molecule has 13 nitrogen and oxygen atoms in total. The number of aromatic amines is 1. The first kappa shape index (κ1) is 24.5. The number of methoxy groups -OCH3 is 1. The van der Waals surface area contributed by atoms with E-state index in [-0.39, 0.29) is 6.54 Å². The highest BCUT2D eigenvalue weighted by molar-refractivity contribution is 8.39. The van der Waals surface area contributed by atoms with E-state index in [9.17, 15) is 18.7 Å². The number of nitrogens with zero attached hydrogens (tertiary/aromatic N) is 2. The molecule has 0 radical (unpaired) electrons. The van der Waals surface area contributed by atoms with Crippen molar-refractivity contribution in [2.24, 2.45) is 0 Å². The lowest BCUT2D eigenvalue weighted by Crippen LogP contribution is -2.54. The predicted octanol–water partition coefficient (Wildman–Crippen LogP) is -0.805. The Bertz CT molecular complexity index is 901. The van der Waals surface area contributed by atoms with Crippen molar-refractivity contribution in [3.63, 3.8) is 0 Å². The topological polar surface area (TPSA) is 170 Å². The molecule has 3 unspecified atom stereocenters. The fraction of sp³-hybridized carbons (Fsp3) is 0.692. The van der Waals surface area contributed by atoms with Crippen LogP contribution in [-0.2, 0) is 27.7 Å². The molecule has 0 saturated carbocycles. The van der Waals surface area contributed by atoms with Gasteiger partial charge in [-0.05, 0) is 14.1 Å². The molecule has 16 heteroatoms. The molecule has 0 bridgehead atoms. The number of aromatic nitrogens is 2. The van der Waals surface area contributed by atoms with Crippen LogP contribution in [0.1, 0.15) is 6.23 Å². The van der Waals surface area contributed by atoms with Gasteiger partial charge in [-0.3, -0.25) is 23.4 Å². The van der Waals surface area contributed by atoms with Crippen molar-refractivity contribution in [1.29, 1.82) is 0 Å². The molecule has 2 heterocycles. The summed E-state index contributed by atoms with van der Waals surface area (Å²) in [7, 11) is -3.16. The minimum Gasteiger partial charge on any atom is -0.374 e. The third-order valence-corrected chi connectivity index (χ3v) is 5.38.